The highest BCUT2D eigenvalue weighted by atomic mass is 15.3. The number of nitrogens with zero attached hydrogens (tertiary/aromatic N) is 4. The van der Waals surface area contributed by atoms with Crippen molar-refractivity contribution in [1.29, 1.82) is 5.26 Å². The van der Waals surface area contributed by atoms with Gasteiger partial charge in [-0.25, -0.2) is 0 Å². The second-order valence-corrected chi connectivity index (χ2v) is 9.69. The molecular formula is C36H24N4. The SMILES string of the molecule is N#Cc1cncc(-c2cccc(-c3cccc(N4c5ccccc5N(c5ccccc5)c5ccccc54)c3)c2)c1. The molecule has 0 saturated heterocycles. The molecule has 1 aliphatic heterocycles. The minimum Gasteiger partial charge on any atom is -0.306 e. The van der Waals surface area contributed by atoms with E-state index in [0.29, 0.717) is 5.56 Å². The fourth-order valence-corrected chi connectivity index (χ4v) is 5.44. The van der Waals surface area contributed by atoms with E-state index >= 15 is 0 Å². The zero-order chi connectivity index (χ0) is 26.9. The van der Waals surface area contributed by atoms with Crippen LogP contribution in [0.25, 0.3) is 22.3 Å². The molecule has 4 heteroatoms. The lowest BCUT2D eigenvalue weighted by Gasteiger charge is -2.40. The summed E-state index contributed by atoms with van der Waals surface area (Å²) in [7, 11) is 0. The molecule has 40 heavy (non-hydrogen) atoms. The number of para-hydroxylation sites is 5. The van der Waals surface area contributed by atoms with Gasteiger partial charge in [-0.05, 0) is 77.4 Å². The highest BCUT2D eigenvalue weighted by Gasteiger charge is 2.29. The van der Waals surface area contributed by atoms with Crippen molar-refractivity contribution in [3.63, 3.8) is 0 Å². The highest BCUT2D eigenvalue weighted by Crippen LogP contribution is 2.54. The van der Waals surface area contributed by atoms with Crippen LogP contribution in [0.4, 0.5) is 34.1 Å². The summed E-state index contributed by atoms with van der Waals surface area (Å²) in [5.41, 5.74) is 11.4. The van der Waals surface area contributed by atoms with Crippen LogP contribution in [0.3, 0.4) is 0 Å². The van der Waals surface area contributed by atoms with Crippen molar-refractivity contribution in [1.82, 2.24) is 4.98 Å². The number of anilines is 6. The molecule has 0 aliphatic carbocycles. The fourth-order valence-electron chi connectivity index (χ4n) is 5.44. The third-order valence-corrected chi connectivity index (χ3v) is 7.24. The number of benzene rings is 5. The summed E-state index contributed by atoms with van der Waals surface area (Å²) in [5, 5.41) is 9.32. The third-order valence-electron chi connectivity index (χ3n) is 7.24. The summed E-state index contributed by atoms with van der Waals surface area (Å²) in [6.45, 7) is 0. The maximum atomic E-state index is 9.32. The Morgan fingerprint density at radius 2 is 0.950 bits per heavy atom. The Bertz CT molecular complexity index is 1840. The molecule has 4 nitrogen and oxygen atoms in total. The van der Waals surface area contributed by atoms with Crippen molar-refractivity contribution in [2.24, 2.45) is 0 Å². The van der Waals surface area contributed by atoms with Crippen molar-refractivity contribution >= 4 is 34.1 Å². The van der Waals surface area contributed by atoms with Crippen LogP contribution in [0, 0.1) is 11.3 Å². The summed E-state index contributed by atoms with van der Waals surface area (Å²) in [5.74, 6) is 0. The maximum Gasteiger partial charge on any atom is 0.101 e. The minimum absolute atomic E-state index is 0.553. The number of hydrogen-bond acceptors (Lipinski definition) is 4. The van der Waals surface area contributed by atoms with Gasteiger partial charge in [0, 0.05) is 29.3 Å². The first kappa shape index (κ1) is 23.5. The van der Waals surface area contributed by atoms with Crippen LogP contribution >= 0.6 is 0 Å². The molecular weight excluding hydrogens is 488 g/mol. The Hall–Kier alpha value is -5.66. The third kappa shape index (κ3) is 4.07. The molecule has 0 spiro atoms. The van der Waals surface area contributed by atoms with Crippen LogP contribution in [0.15, 0.2) is 146 Å². The molecule has 0 radical (unpaired) electrons. The van der Waals surface area contributed by atoms with Crippen LogP contribution in [0.1, 0.15) is 5.56 Å². The molecule has 1 aromatic heterocycles. The summed E-state index contributed by atoms with van der Waals surface area (Å²) >= 11 is 0. The predicted octanol–water partition coefficient (Wildman–Crippen LogP) is 9.54. The Balaban J connectivity index is 1.35. The minimum atomic E-state index is 0.553. The summed E-state index contributed by atoms with van der Waals surface area (Å²) < 4.78 is 0. The second kappa shape index (κ2) is 9.90. The largest absolute Gasteiger partial charge is 0.306 e. The van der Waals surface area contributed by atoms with E-state index in [1.165, 1.54) is 0 Å². The molecule has 188 valence electrons. The lowest BCUT2D eigenvalue weighted by Crippen LogP contribution is -2.23. The molecule has 0 atom stereocenters. The first-order valence-electron chi connectivity index (χ1n) is 13.2. The number of rotatable bonds is 4. The van der Waals surface area contributed by atoms with Crippen LogP contribution in [-0.4, -0.2) is 4.98 Å². The van der Waals surface area contributed by atoms with Gasteiger partial charge in [0.05, 0.1) is 28.3 Å². The molecule has 0 unspecified atom stereocenters. The number of aromatic nitrogens is 1. The summed E-state index contributed by atoms with van der Waals surface area (Å²) in [6.07, 6.45) is 3.39. The van der Waals surface area contributed by atoms with Crippen molar-refractivity contribution in [2.45, 2.75) is 0 Å². The van der Waals surface area contributed by atoms with Gasteiger partial charge in [0.2, 0.25) is 0 Å². The van der Waals surface area contributed by atoms with Gasteiger partial charge in [0.25, 0.3) is 0 Å². The van der Waals surface area contributed by atoms with Gasteiger partial charge in [-0.3, -0.25) is 4.98 Å². The molecule has 0 N–H and O–H groups in total. The van der Waals surface area contributed by atoms with E-state index < -0.39 is 0 Å². The molecule has 6 aromatic rings. The average Bonchev–Trinajstić information content (AvgIpc) is 3.04. The van der Waals surface area contributed by atoms with Gasteiger partial charge in [-0.15, -0.1) is 0 Å². The zero-order valence-electron chi connectivity index (χ0n) is 21.6. The molecule has 0 saturated carbocycles. The van der Waals surface area contributed by atoms with Gasteiger partial charge < -0.3 is 9.80 Å². The summed E-state index contributed by atoms with van der Waals surface area (Å²) in [6, 6.07) is 48.8. The van der Waals surface area contributed by atoms with Gasteiger partial charge >= 0.3 is 0 Å². The smallest absolute Gasteiger partial charge is 0.101 e. The second-order valence-electron chi connectivity index (χ2n) is 9.69. The molecule has 1 aliphatic rings. The van der Waals surface area contributed by atoms with Crippen molar-refractivity contribution in [3.8, 4) is 28.3 Å². The maximum absolute atomic E-state index is 9.32. The monoisotopic (exact) mass is 512 g/mol. The van der Waals surface area contributed by atoms with Crippen LogP contribution in [0.5, 0.6) is 0 Å². The van der Waals surface area contributed by atoms with Crippen molar-refractivity contribution in [3.05, 3.63) is 151 Å². The Labute approximate surface area is 233 Å². The predicted molar refractivity (Wildman–Crippen MR) is 163 cm³/mol. The van der Waals surface area contributed by atoms with E-state index in [-0.39, 0.29) is 0 Å². The van der Waals surface area contributed by atoms with Gasteiger partial charge in [0.15, 0.2) is 0 Å². The number of fused-ring (bicyclic) bond motifs is 2. The lowest BCUT2D eigenvalue weighted by atomic mass is 9.98. The normalized spacial score (nSPS) is 11.9. The van der Waals surface area contributed by atoms with E-state index in [2.05, 4.69) is 148 Å². The Kier molecular flexibility index (Phi) is 5.81. The molecule has 0 fully saturated rings. The van der Waals surface area contributed by atoms with Crippen molar-refractivity contribution in [2.75, 3.05) is 9.80 Å². The fraction of sp³-hybridized carbons (Fsp3) is 0. The molecule has 0 amide bonds. The van der Waals surface area contributed by atoms with Gasteiger partial charge in [-0.1, -0.05) is 72.8 Å². The van der Waals surface area contributed by atoms with Gasteiger partial charge in [-0.2, -0.15) is 5.26 Å². The summed E-state index contributed by atoms with van der Waals surface area (Å²) in [4.78, 5) is 8.92. The van der Waals surface area contributed by atoms with Crippen molar-refractivity contribution < 1.29 is 0 Å². The first-order valence-corrected chi connectivity index (χ1v) is 13.2. The highest BCUT2D eigenvalue weighted by molar-refractivity contribution is 6.01. The van der Waals surface area contributed by atoms with E-state index in [9.17, 15) is 5.26 Å². The lowest BCUT2D eigenvalue weighted by molar-refractivity contribution is 1.17. The Morgan fingerprint density at radius 1 is 0.450 bits per heavy atom. The standard InChI is InChI=1S/C36H24N4/c37-23-26-20-30(25-38-24-26)28-11-8-10-27(21-28)29-12-9-15-32(22-29)40-35-18-6-4-16-33(35)39(31-13-2-1-3-14-31)34-17-5-7-19-36(34)40/h1-22,24-25H. The molecule has 5 aromatic carbocycles. The van der Waals surface area contributed by atoms with Crippen LogP contribution < -0.4 is 9.80 Å². The first-order chi connectivity index (χ1) is 19.8. The van der Waals surface area contributed by atoms with E-state index in [4.69, 9.17) is 0 Å². The number of pyridine rings is 1. The average molecular weight is 513 g/mol. The molecule has 2 heterocycles. The van der Waals surface area contributed by atoms with Crippen LogP contribution in [0.2, 0.25) is 0 Å². The Morgan fingerprint density at radius 3 is 1.57 bits per heavy atom. The molecule has 7 rings (SSSR count). The quantitative estimate of drug-likeness (QED) is 0.235. The zero-order valence-corrected chi connectivity index (χ0v) is 21.6. The number of nitriles is 1. The van der Waals surface area contributed by atoms with E-state index in [1.54, 1.807) is 12.4 Å². The van der Waals surface area contributed by atoms with Crippen LogP contribution in [-0.2, 0) is 0 Å². The van der Waals surface area contributed by atoms with E-state index in [0.717, 1.165) is 56.4 Å². The number of hydrogen-bond donors (Lipinski definition) is 0. The van der Waals surface area contributed by atoms with Gasteiger partial charge in [0.1, 0.15) is 6.07 Å². The topological polar surface area (TPSA) is 43.2 Å². The van der Waals surface area contributed by atoms with E-state index in [1.807, 2.05) is 6.07 Å². The molecule has 0 bridgehead atoms.